The van der Waals surface area contributed by atoms with Crippen molar-refractivity contribution in [2.75, 3.05) is 32.8 Å². The van der Waals surface area contributed by atoms with Crippen LogP contribution in [0.25, 0.3) is 0 Å². The van der Waals surface area contributed by atoms with Crippen LogP contribution in [0, 0.1) is 12.8 Å². The van der Waals surface area contributed by atoms with Crippen LogP contribution >= 0.6 is 11.3 Å². The molecule has 4 heterocycles. The minimum absolute atomic E-state index is 0.104. The number of ketones is 1. The van der Waals surface area contributed by atoms with Gasteiger partial charge in [0.2, 0.25) is 0 Å². The van der Waals surface area contributed by atoms with Crippen LogP contribution in [0.1, 0.15) is 47.6 Å². The SMILES string of the molecule is Cc1nonc1CC(=O)C[C@H]1CC[C@H](CCN2CCc3nc(OCC(F)(F)F)sc3CC2)OC1. The maximum Gasteiger partial charge on any atom is 0.422 e. The van der Waals surface area contributed by atoms with Crippen molar-refractivity contribution >= 4 is 17.1 Å². The fraction of sp³-hybridized carbons (Fsp3) is 0.727. The summed E-state index contributed by atoms with van der Waals surface area (Å²) >= 11 is 1.22. The lowest BCUT2D eigenvalue weighted by Crippen LogP contribution is -2.33. The predicted octanol–water partition coefficient (Wildman–Crippen LogP) is 3.56. The van der Waals surface area contributed by atoms with Gasteiger partial charge in [-0.05, 0) is 38.5 Å². The summed E-state index contributed by atoms with van der Waals surface area (Å²) in [5.41, 5.74) is 2.11. The van der Waals surface area contributed by atoms with Gasteiger partial charge in [0.25, 0.3) is 5.19 Å². The maximum atomic E-state index is 12.4. The van der Waals surface area contributed by atoms with Crippen LogP contribution in [0.2, 0.25) is 0 Å². The minimum Gasteiger partial charge on any atom is -0.460 e. The van der Waals surface area contributed by atoms with E-state index in [0.29, 0.717) is 30.8 Å². The highest BCUT2D eigenvalue weighted by molar-refractivity contribution is 7.13. The molecule has 0 N–H and O–H groups in total. The monoisotopic (exact) mass is 502 g/mol. The largest absolute Gasteiger partial charge is 0.460 e. The average molecular weight is 503 g/mol. The quantitative estimate of drug-likeness (QED) is 0.514. The summed E-state index contributed by atoms with van der Waals surface area (Å²) in [6, 6.07) is 0. The molecule has 2 aliphatic rings. The average Bonchev–Trinajstić information content (AvgIpc) is 3.32. The lowest BCUT2D eigenvalue weighted by atomic mass is 9.91. The van der Waals surface area contributed by atoms with Crippen molar-refractivity contribution in [2.24, 2.45) is 5.92 Å². The molecule has 0 amide bonds. The van der Waals surface area contributed by atoms with Gasteiger partial charge < -0.3 is 14.4 Å². The Bertz CT molecular complexity index is 931. The lowest BCUT2D eigenvalue weighted by Gasteiger charge is -2.30. The number of ether oxygens (including phenoxy) is 2. The molecule has 2 atom stereocenters. The predicted molar refractivity (Wildman–Crippen MR) is 117 cm³/mol. The summed E-state index contributed by atoms with van der Waals surface area (Å²) in [6.45, 7) is 3.62. The molecule has 188 valence electrons. The van der Waals surface area contributed by atoms with E-state index >= 15 is 0 Å². The Morgan fingerprint density at radius 1 is 1.24 bits per heavy atom. The first-order valence-electron chi connectivity index (χ1n) is 11.6. The molecule has 34 heavy (non-hydrogen) atoms. The van der Waals surface area contributed by atoms with Crippen LogP contribution in [-0.2, 0) is 28.8 Å². The van der Waals surface area contributed by atoms with E-state index in [1.807, 2.05) is 0 Å². The highest BCUT2D eigenvalue weighted by Gasteiger charge is 2.30. The number of fused-ring (bicyclic) bond motifs is 1. The smallest absolute Gasteiger partial charge is 0.422 e. The highest BCUT2D eigenvalue weighted by atomic mass is 32.1. The number of aromatic nitrogens is 3. The molecule has 1 saturated heterocycles. The molecule has 4 rings (SSSR count). The first-order valence-corrected chi connectivity index (χ1v) is 12.4. The molecule has 2 aromatic rings. The van der Waals surface area contributed by atoms with Crippen molar-refractivity contribution in [3.05, 3.63) is 22.0 Å². The molecule has 2 aliphatic heterocycles. The van der Waals surface area contributed by atoms with Gasteiger partial charge >= 0.3 is 6.18 Å². The zero-order chi connectivity index (χ0) is 24.1. The van der Waals surface area contributed by atoms with E-state index in [-0.39, 0.29) is 29.4 Å². The summed E-state index contributed by atoms with van der Waals surface area (Å²) in [7, 11) is 0. The number of Topliss-reactive ketones (excluding diaryl/α,β-unsaturated/α-hetero) is 1. The normalized spacial score (nSPS) is 21.8. The molecule has 0 unspecified atom stereocenters. The fourth-order valence-corrected chi connectivity index (χ4v) is 5.32. The Kier molecular flexibility index (Phi) is 8.20. The van der Waals surface area contributed by atoms with E-state index in [1.54, 1.807) is 6.92 Å². The lowest BCUT2D eigenvalue weighted by molar-refractivity contribution is -0.153. The number of halogens is 3. The first-order chi connectivity index (χ1) is 16.2. The van der Waals surface area contributed by atoms with Crippen molar-refractivity contribution < 1.29 is 32.1 Å². The summed E-state index contributed by atoms with van der Waals surface area (Å²) in [5.74, 6) is 0.362. The third kappa shape index (κ3) is 7.22. The number of aryl methyl sites for hydroxylation is 1. The van der Waals surface area contributed by atoms with Gasteiger partial charge in [0.05, 0.1) is 24.8 Å². The fourth-order valence-electron chi connectivity index (χ4n) is 4.38. The van der Waals surface area contributed by atoms with Gasteiger partial charge in [0, 0.05) is 37.4 Å². The van der Waals surface area contributed by atoms with E-state index < -0.39 is 12.8 Å². The summed E-state index contributed by atoms with van der Waals surface area (Å²) in [5, 5.41) is 7.58. The Labute approximate surface area is 199 Å². The number of thiazole rings is 1. The van der Waals surface area contributed by atoms with Crippen LogP contribution in [0.5, 0.6) is 5.19 Å². The van der Waals surface area contributed by atoms with Crippen molar-refractivity contribution in [2.45, 2.75) is 64.1 Å². The number of hydrogen-bond acceptors (Lipinski definition) is 9. The Balaban J connectivity index is 1.14. The number of carbonyl (C=O) groups is 1. The van der Waals surface area contributed by atoms with Crippen molar-refractivity contribution in [3.8, 4) is 5.19 Å². The molecule has 0 aromatic carbocycles. The maximum absolute atomic E-state index is 12.4. The van der Waals surface area contributed by atoms with Gasteiger partial charge in [-0.25, -0.2) is 9.61 Å². The molecular weight excluding hydrogens is 473 g/mol. The summed E-state index contributed by atoms with van der Waals surface area (Å²) in [6.07, 6.45) is 0.855. The van der Waals surface area contributed by atoms with Gasteiger partial charge in [-0.2, -0.15) is 13.2 Å². The number of nitrogens with zero attached hydrogens (tertiary/aromatic N) is 4. The summed E-state index contributed by atoms with van der Waals surface area (Å²) < 4.78 is 52.5. The Morgan fingerprint density at radius 3 is 2.76 bits per heavy atom. The second kappa shape index (κ2) is 11.1. The van der Waals surface area contributed by atoms with E-state index in [0.717, 1.165) is 55.9 Å². The molecule has 0 aliphatic carbocycles. The number of carbonyl (C=O) groups excluding carboxylic acids is 1. The standard InChI is InChI=1S/C22H29F3N4O4S/c1-14-19(28-33-27-14)11-16(30)10-15-2-3-17(31-12-15)4-7-29-8-5-18-20(6-9-29)34-21(26-18)32-13-22(23,24)25/h15,17H,2-13H2,1H3/t15-,17-/m1/s1. The molecule has 0 bridgehead atoms. The van der Waals surface area contributed by atoms with E-state index in [1.165, 1.54) is 11.3 Å². The van der Waals surface area contributed by atoms with Crippen molar-refractivity contribution in [3.63, 3.8) is 0 Å². The third-order valence-corrected chi connectivity index (χ3v) is 7.37. The van der Waals surface area contributed by atoms with Gasteiger partial charge in [-0.1, -0.05) is 21.7 Å². The minimum atomic E-state index is -4.36. The molecule has 1 fully saturated rings. The second-order valence-corrected chi connectivity index (χ2v) is 10.0. The molecular formula is C22H29F3N4O4S. The van der Waals surface area contributed by atoms with Crippen LogP contribution < -0.4 is 4.74 Å². The van der Waals surface area contributed by atoms with Gasteiger partial charge in [0.15, 0.2) is 6.61 Å². The number of rotatable bonds is 9. The van der Waals surface area contributed by atoms with Gasteiger partial charge in [-0.15, -0.1) is 0 Å². The van der Waals surface area contributed by atoms with Crippen LogP contribution in [0.3, 0.4) is 0 Å². The van der Waals surface area contributed by atoms with Crippen LogP contribution in [0.4, 0.5) is 13.2 Å². The molecule has 8 nitrogen and oxygen atoms in total. The van der Waals surface area contributed by atoms with E-state index in [9.17, 15) is 18.0 Å². The Hall–Kier alpha value is -2.05. The number of alkyl halides is 3. The van der Waals surface area contributed by atoms with Crippen molar-refractivity contribution in [1.29, 1.82) is 0 Å². The molecule has 0 spiro atoms. The van der Waals surface area contributed by atoms with Crippen molar-refractivity contribution in [1.82, 2.24) is 20.2 Å². The highest BCUT2D eigenvalue weighted by Crippen LogP contribution is 2.30. The molecule has 12 heteroatoms. The van der Waals surface area contributed by atoms with E-state index in [2.05, 4.69) is 24.8 Å². The molecule has 0 saturated carbocycles. The number of hydrogen-bond donors (Lipinski definition) is 0. The third-order valence-electron chi connectivity index (χ3n) is 6.30. The zero-order valence-electron chi connectivity index (χ0n) is 19.1. The van der Waals surface area contributed by atoms with Gasteiger partial charge in [-0.3, -0.25) is 4.79 Å². The zero-order valence-corrected chi connectivity index (χ0v) is 19.9. The Morgan fingerprint density at radius 2 is 2.06 bits per heavy atom. The molecule has 0 radical (unpaired) electrons. The summed E-state index contributed by atoms with van der Waals surface area (Å²) in [4.78, 5) is 19.9. The first kappa shape index (κ1) is 25.1. The van der Waals surface area contributed by atoms with Crippen LogP contribution in [0.15, 0.2) is 4.63 Å². The topological polar surface area (TPSA) is 90.6 Å². The van der Waals surface area contributed by atoms with E-state index in [4.69, 9.17) is 9.47 Å². The van der Waals surface area contributed by atoms with Gasteiger partial charge in [0.1, 0.15) is 17.2 Å². The molecule has 2 aromatic heterocycles. The van der Waals surface area contributed by atoms with Crippen LogP contribution in [-0.4, -0.2) is 71.1 Å². The second-order valence-electron chi connectivity index (χ2n) is 9.00.